The van der Waals surface area contributed by atoms with Crippen LogP contribution in [0.25, 0.3) is 10.9 Å². The summed E-state index contributed by atoms with van der Waals surface area (Å²) in [6, 6.07) is 13.8. The number of piperazine rings is 1. The van der Waals surface area contributed by atoms with E-state index in [0.717, 1.165) is 59.6 Å². The predicted molar refractivity (Wildman–Crippen MR) is 142 cm³/mol. The average Bonchev–Trinajstić information content (AvgIpc) is 3.38. The number of hydrogen-bond donors (Lipinski definition) is 1. The summed E-state index contributed by atoms with van der Waals surface area (Å²) in [4.78, 5) is 21.3. The zero-order valence-corrected chi connectivity index (χ0v) is 21.8. The summed E-state index contributed by atoms with van der Waals surface area (Å²) in [6.07, 6.45) is 0. The molecular formula is C27H33N7O3. The molecule has 1 atom stereocenters. The largest absolute Gasteiger partial charge is 0.495 e. The molecule has 5 rings (SSSR count). The molecule has 0 aliphatic carbocycles. The van der Waals surface area contributed by atoms with Crippen LogP contribution in [0, 0.1) is 13.8 Å². The van der Waals surface area contributed by atoms with Crippen molar-refractivity contribution < 1.29 is 9.47 Å². The van der Waals surface area contributed by atoms with Crippen molar-refractivity contribution >= 4 is 16.6 Å². The number of para-hydroxylation sites is 2. The van der Waals surface area contributed by atoms with Gasteiger partial charge in [0.1, 0.15) is 11.8 Å². The van der Waals surface area contributed by atoms with Gasteiger partial charge in [0.05, 0.1) is 31.5 Å². The molecule has 1 aliphatic rings. The quantitative estimate of drug-likeness (QED) is 0.392. The number of hydrogen-bond acceptors (Lipinski definition) is 8. The van der Waals surface area contributed by atoms with Crippen molar-refractivity contribution in [2.45, 2.75) is 26.4 Å². The molecule has 0 unspecified atom stereocenters. The van der Waals surface area contributed by atoms with E-state index in [9.17, 15) is 4.79 Å². The van der Waals surface area contributed by atoms with E-state index in [2.05, 4.69) is 49.4 Å². The number of aromatic nitrogens is 5. The van der Waals surface area contributed by atoms with Crippen molar-refractivity contribution in [2.24, 2.45) is 0 Å². The molecule has 0 saturated carbocycles. The molecule has 2 aromatic heterocycles. The first-order valence-corrected chi connectivity index (χ1v) is 12.5. The molecule has 0 spiro atoms. The van der Waals surface area contributed by atoms with Gasteiger partial charge in [-0.05, 0) is 53.6 Å². The van der Waals surface area contributed by atoms with Gasteiger partial charge in [-0.2, -0.15) is 0 Å². The third-order valence-corrected chi connectivity index (χ3v) is 7.18. The van der Waals surface area contributed by atoms with Crippen molar-refractivity contribution in [3.8, 4) is 5.75 Å². The number of ether oxygens (including phenoxy) is 2. The van der Waals surface area contributed by atoms with Gasteiger partial charge in [0.2, 0.25) is 0 Å². The van der Waals surface area contributed by atoms with Crippen molar-refractivity contribution in [3.63, 3.8) is 0 Å². The van der Waals surface area contributed by atoms with Crippen molar-refractivity contribution in [3.05, 3.63) is 75.3 Å². The minimum atomic E-state index is -0.403. The third-order valence-electron chi connectivity index (χ3n) is 7.18. The Bertz CT molecular complexity index is 1440. The molecule has 0 bridgehead atoms. The topological polar surface area (TPSA) is 101 Å². The molecule has 0 amide bonds. The fourth-order valence-corrected chi connectivity index (χ4v) is 5.15. The smallest absolute Gasteiger partial charge is 0.253 e. The predicted octanol–water partition coefficient (Wildman–Crippen LogP) is 2.70. The van der Waals surface area contributed by atoms with Gasteiger partial charge in [-0.15, -0.1) is 5.10 Å². The second-order valence-corrected chi connectivity index (χ2v) is 9.39. The Morgan fingerprint density at radius 3 is 2.54 bits per heavy atom. The van der Waals surface area contributed by atoms with Crippen LogP contribution in [-0.4, -0.2) is 77.1 Å². The maximum absolute atomic E-state index is 13.6. The lowest BCUT2D eigenvalue weighted by atomic mass is 9.99. The molecule has 1 fully saturated rings. The SMILES string of the molecule is COCCn1nnnc1[C@@H](c1cc2c(C)ccc(C)c2[nH]c1=O)N1CCN(c2ccccc2OC)CC1. The van der Waals surface area contributed by atoms with E-state index in [1.165, 1.54) is 0 Å². The second-order valence-electron chi connectivity index (χ2n) is 9.39. The van der Waals surface area contributed by atoms with Gasteiger partial charge in [-0.3, -0.25) is 9.69 Å². The van der Waals surface area contributed by atoms with Crippen LogP contribution >= 0.6 is 0 Å². The van der Waals surface area contributed by atoms with Crippen molar-refractivity contribution in [2.75, 3.05) is 51.9 Å². The number of anilines is 1. The first kappa shape index (κ1) is 24.9. The summed E-state index contributed by atoms with van der Waals surface area (Å²) in [5.74, 6) is 1.49. The Balaban J connectivity index is 1.54. The molecule has 10 heteroatoms. The van der Waals surface area contributed by atoms with Gasteiger partial charge in [0.25, 0.3) is 5.56 Å². The fourth-order valence-electron chi connectivity index (χ4n) is 5.15. The molecule has 194 valence electrons. The number of nitrogens with one attached hydrogen (secondary N) is 1. The van der Waals surface area contributed by atoms with Crippen LogP contribution in [0.1, 0.15) is 28.6 Å². The number of aromatic amines is 1. The highest BCUT2D eigenvalue weighted by Crippen LogP contribution is 2.32. The minimum absolute atomic E-state index is 0.125. The Hall–Kier alpha value is -3.76. The molecular weight excluding hydrogens is 470 g/mol. The first-order valence-electron chi connectivity index (χ1n) is 12.5. The van der Waals surface area contributed by atoms with E-state index >= 15 is 0 Å². The van der Waals surface area contributed by atoms with Crippen LogP contribution in [0.3, 0.4) is 0 Å². The number of pyridine rings is 1. The van der Waals surface area contributed by atoms with E-state index < -0.39 is 6.04 Å². The number of nitrogens with zero attached hydrogens (tertiary/aromatic N) is 6. The Morgan fingerprint density at radius 2 is 1.78 bits per heavy atom. The van der Waals surface area contributed by atoms with Crippen molar-refractivity contribution in [1.29, 1.82) is 0 Å². The summed E-state index contributed by atoms with van der Waals surface area (Å²) in [5.41, 5.74) is 4.60. The number of tetrazole rings is 1. The maximum Gasteiger partial charge on any atom is 0.253 e. The number of H-pyrrole nitrogens is 1. The van der Waals surface area contributed by atoms with Crippen LogP contribution in [0.5, 0.6) is 5.75 Å². The molecule has 3 heterocycles. The minimum Gasteiger partial charge on any atom is -0.495 e. The molecule has 2 aromatic carbocycles. The molecule has 1 aliphatic heterocycles. The Labute approximate surface area is 215 Å². The van der Waals surface area contributed by atoms with Crippen LogP contribution in [-0.2, 0) is 11.3 Å². The lowest BCUT2D eigenvalue weighted by molar-refractivity contribution is 0.171. The van der Waals surface area contributed by atoms with Gasteiger partial charge >= 0.3 is 0 Å². The molecule has 37 heavy (non-hydrogen) atoms. The standard InChI is InChI=1S/C27H33N7O3/c1-18-9-10-19(2)24-20(18)17-21(27(35)28-24)25(26-29-30-31-34(26)15-16-36-3)33-13-11-32(12-14-33)22-7-5-6-8-23(22)37-4/h5-10,17,25H,11-16H2,1-4H3,(H,28,35)/t25-/m1/s1. The number of fused-ring (bicyclic) bond motifs is 1. The molecule has 10 nitrogen and oxygen atoms in total. The van der Waals surface area contributed by atoms with Crippen LogP contribution in [0.4, 0.5) is 5.69 Å². The Kier molecular flexibility index (Phi) is 7.20. The second kappa shape index (κ2) is 10.7. The molecule has 1 saturated heterocycles. The highest BCUT2D eigenvalue weighted by molar-refractivity contribution is 5.85. The van der Waals surface area contributed by atoms with Crippen molar-refractivity contribution in [1.82, 2.24) is 30.1 Å². The Morgan fingerprint density at radius 1 is 1.03 bits per heavy atom. The molecule has 1 N–H and O–H groups in total. The van der Waals surface area contributed by atoms with E-state index in [4.69, 9.17) is 9.47 Å². The number of benzene rings is 2. The number of aryl methyl sites for hydroxylation is 2. The van der Waals surface area contributed by atoms with Crippen LogP contribution in [0.2, 0.25) is 0 Å². The third kappa shape index (κ3) is 4.82. The molecule has 4 aromatic rings. The fraction of sp³-hybridized carbons (Fsp3) is 0.407. The van der Waals surface area contributed by atoms with Gasteiger partial charge < -0.3 is 19.4 Å². The van der Waals surface area contributed by atoms with Gasteiger partial charge in [0, 0.05) is 44.2 Å². The first-order chi connectivity index (χ1) is 18.0. The molecule has 0 radical (unpaired) electrons. The maximum atomic E-state index is 13.6. The zero-order valence-electron chi connectivity index (χ0n) is 21.8. The van der Waals surface area contributed by atoms with Crippen LogP contribution < -0.4 is 15.2 Å². The zero-order chi connectivity index (χ0) is 25.9. The average molecular weight is 504 g/mol. The monoisotopic (exact) mass is 503 g/mol. The lowest BCUT2D eigenvalue weighted by Gasteiger charge is -2.40. The summed E-state index contributed by atoms with van der Waals surface area (Å²) in [7, 11) is 3.35. The normalized spacial score (nSPS) is 15.3. The van der Waals surface area contributed by atoms with E-state index in [1.807, 2.05) is 37.3 Å². The summed E-state index contributed by atoms with van der Waals surface area (Å²) < 4.78 is 12.6. The van der Waals surface area contributed by atoms with E-state index in [0.29, 0.717) is 24.5 Å². The lowest BCUT2D eigenvalue weighted by Crippen LogP contribution is -2.49. The van der Waals surface area contributed by atoms with Crippen LogP contribution in [0.15, 0.2) is 47.3 Å². The highest BCUT2D eigenvalue weighted by atomic mass is 16.5. The van der Waals surface area contributed by atoms with Gasteiger partial charge in [-0.1, -0.05) is 24.3 Å². The van der Waals surface area contributed by atoms with Gasteiger partial charge in [-0.25, -0.2) is 4.68 Å². The summed E-state index contributed by atoms with van der Waals surface area (Å²) in [6.45, 7) is 8.05. The highest BCUT2D eigenvalue weighted by Gasteiger charge is 2.33. The van der Waals surface area contributed by atoms with E-state index in [-0.39, 0.29) is 5.56 Å². The van der Waals surface area contributed by atoms with Gasteiger partial charge in [0.15, 0.2) is 5.82 Å². The van der Waals surface area contributed by atoms with E-state index in [1.54, 1.807) is 18.9 Å². The summed E-state index contributed by atoms with van der Waals surface area (Å²) >= 11 is 0. The number of rotatable bonds is 8. The summed E-state index contributed by atoms with van der Waals surface area (Å²) in [5, 5.41) is 13.6. The number of methoxy groups -OCH3 is 2.